The van der Waals surface area contributed by atoms with E-state index in [2.05, 4.69) is 50.5 Å². The third-order valence-electron chi connectivity index (χ3n) is 3.45. The van der Waals surface area contributed by atoms with Crippen molar-refractivity contribution in [3.05, 3.63) is 0 Å². The molecule has 4 nitrogen and oxygen atoms in total. The van der Waals surface area contributed by atoms with Gasteiger partial charge in [0.1, 0.15) is 6.61 Å². The van der Waals surface area contributed by atoms with Gasteiger partial charge in [0.2, 0.25) is 0 Å². The van der Waals surface area contributed by atoms with Gasteiger partial charge in [-0.1, -0.05) is 83.7 Å². The molecule has 0 aliphatic carbocycles. The molecule has 0 unspecified atom stereocenters. The monoisotopic (exact) mass is 553 g/mol. The number of hydrogen-bond donors (Lipinski definition) is 1. The molecule has 0 rings (SSSR count). The first-order valence-corrected chi connectivity index (χ1v) is 11.9. The largest absolute Gasteiger partial charge is 0.464 e. The van der Waals surface area contributed by atoms with Crippen molar-refractivity contribution >= 4 is 51.2 Å². The lowest BCUT2D eigenvalue weighted by Crippen LogP contribution is -2.25. The number of unbranched alkanes of at least 4 members (excludes halogenated alkanes) is 7. The van der Waals surface area contributed by atoms with E-state index in [1.54, 1.807) is 0 Å². The number of nitrogens with one attached hydrogen (secondary N) is 1. The van der Waals surface area contributed by atoms with E-state index < -0.39 is 0 Å². The molecule has 0 saturated heterocycles. The van der Waals surface area contributed by atoms with Crippen LogP contribution in [0.5, 0.6) is 0 Å². The summed E-state index contributed by atoms with van der Waals surface area (Å²) in [5.41, 5.74) is 0. The van der Waals surface area contributed by atoms with E-state index in [1.165, 1.54) is 43.0 Å². The van der Waals surface area contributed by atoms with Crippen LogP contribution in [0.2, 0.25) is 0 Å². The highest BCUT2D eigenvalue weighted by atomic mass is 127. The lowest BCUT2D eigenvalue weighted by atomic mass is 10.1. The summed E-state index contributed by atoms with van der Waals surface area (Å²) in [6, 6.07) is 0. The quantitative estimate of drug-likeness (QED) is 0.118. The van der Waals surface area contributed by atoms with Gasteiger partial charge in [-0.15, -0.1) is 0 Å². The Balaban J connectivity index is 3.13. The van der Waals surface area contributed by atoms with Crippen LogP contribution in [0.1, 0.15) is 57.8 Å². The summed E-state index contributed by atoms with van der Waals surface area (Å²) in [7, 11) is 0. The Hall–Kier alpha value is 0.850. The number of rotatable bonds is 18. The van der Waals surface area contributed by atoms with Gasteiger partial charge in [0.15, 0.2) is 0 Å². The van der Waals surface area contributed by atoms with Gasteiger partial charge in [-0.05, 0) is 17.3 Å². The molecule has 0 atom stereocenters. The summed E-state index contributed by atoms with van der Waals surface area (Å²) in [5, 5.41) is 3.20. The Kier molecular flexibility index (Phi) is 21.7. The van der Waals surface area contributed by atoms with Crippen molar-refractivity contribution in [1.82, 2.24) is 5.32 Å². The van der Waals surface area contributed by atoms with Gasteiger partial charge in [0.25, 0.3) is 0 Å². The fourth-order valence-electron chi connectivity index (χ4n) is 2.16. The second-order valence-corrected chi connectivity index (χ2v) is 7.70. The van der Waals surface area contributed by atoms with E-state index in [9.17, 15) is 4.79 Å². The van der Waals surface area contributed by atoms with E-state index in [-0.39, 0.29) is 5.97 Å². The Morgan fingerprint density at radius 3 is 2.00 bits per heavy atom. The van der Waals surface area contributed by atoms with E-state index in [0.29, 0.717) is 19.6 Å². The molecule has 23 heavy (non-hydrogen) atoms. The van der Waals surface area contributed by atoms with Crippen molar-refractivity contribution in [2.24, 2.45) is 0 Å². The van der Waals surface area contributed by atoms with Gasteiger partial charge in [0, 0.05) is 23.9 Å². The first-order valence-electron chi connectivity index (χ1n) is 8.87. The molecule has 0 aromatic rings. The number of alkyl halides is 2. The molecule has 0 fully saturated rings. The maximum absolute atomic E-state index is 11.5. The normalized spacial score (nSPS) is 10.9. The fourth-order valence-corrected chi connectivity index (χ4v) is 3.01. The van der Waals surface area contributed by atoms with Crippen LogP contribution in [-0.2, 0) is 14.3 Å². The van der Waals surface area contributed by atoms with E-state index in [0.717, 1.165) is 37.0 Å². The lowest BCUT2D eigenvalue weighted by Gasteiger charge is -2.07. The van der Waals surface area contributed by atoms with Crippen molar-refractivity contribution in [3.8, 4) is 0 Å². The Morgan fingerprint density at radius 1 is 0.739 bits per heavy atom. The van der Waals surface area contributed by atoms with Crippen LogP contribution < -0.4 is 5.32 Å². The van der Waals surface area contributed by atoms with Crippen molar-refractivity contribution in [1.29, 1.82) is 0 Å². The molecular formula is C17H33I2NO3. The maximum Gasteiger partial charge on any atom is 0.305 e. The highest BCUT2D eigenvalue weighted by Crippen LogP contribution is 2.10. The summed E-state index contributed by atoms with van der Waals surface area (Å²) in [6.45, 7) is 3.50. The SMILES string of the molecule is O=C(CCCCCCCCCCI)OCCNCCOCCI. The van der Waals surface area contributed by atoms with Gasteiger partial charge in [-0.25, -0.2) is 0 Å². The van der Waals surface area contributed by atoms with Crippen molar-refractivity contribution in [2.75, 3.05) is 41.8 Å². The lowest BCUT2D eigenvalue weighted by molar-refractivity contribution is -0.143. The highest BCUT2D eigenvalue weighted by Gasteiger charge is 2.02. The van der Waals surface area contributed by atoms with Crippen LogP contribution in [0, 0.1) is 0 Å². The third-order valence-corrected chi connectivity index (χ3v) is 4.65. The summed E-state index contributed by atoms with van der Waals surface area (Å²) >= 11 is 4.73. The molecule has 0 bridgehead atoms. The molecule has 0 spiro atoms. The van der Waals surface area contributed by atoms with Gasteiger partial charge >= 0.3 is 5.97 Å². The predicted octanol–water partition coefficient (Wildman–Crippen LogP) is 4.52. The van der Waals surface area contributed by atoms with Crippen molar-refractivity contribution in [2.45, 2.75) is 57.8 Å². The zero-order valence-electron chi connectivity index (χ0n) is 14.3. The minimum atomic E-state index is -0.0602. The van der Waals surface area contributed by atoms with Crippen LogP contribution in [0.25, 0.3) is 0 Å². The zero-order chi connectivity index (χ0) is 17.0. The van der Waals surface area contributed by atoms with E-state index in [4.69, 9.17) is 9.47 Å². The Morgan fingerprint density at radius 2 is 1.35 bits per heavy atom. The van der Waals surface area contributed by atoms with E-state index >= 15 is 0 Å². The summed E-state index contributed by atoms with van der Waals surface area (Å²) < 4.78 is 12.8. The zero-order valence-corrected chi connectivity index (χ0v) is 18.6. The van der Waals surface area contributed by atoms with Crippen molar-refractivity contribution < 1.29 is 14.3 Å². The van der Waals surface area contributed by atoms with Gasteiger partial charge in [-0.2, -0.15) is 0 Å². The summed E-state index contributed by atoms with van der Waals surface area (Å²) in [5.74, 6) is -0.0602. The topological polar surface area (TPSA) is 47.6 Å². The number of esters is 1. The van der Waals surface area contributed by atoms with Gasteiger partial charge in [0.05, 0.1) is 13.2 Å². The molecule has 0 aromatic heterocycles. The molecule has 0 amide bonds. The molecule has 0 aliphatic rings. The average Bonchev–Trinajstić information content (AvgIpc) is 2.56. The van der Waals surface area contributed by atoms with Crippen LogP contribution in [0.3, 0.4) is 0 Å². The molecule has 0 heterocycles. The maximum atomic E-state index is 11.5. The molecular weight excluding hydrogens is 520 g/mol. The third kappa shape index (κ3) is 20.8. The van der Waals surface area contributed by atoms with Crippen molar-refractivity contribution in [3.63, 3.8) is 0 Å². The average molecular weight is 553 g/mol. The number of ether oxygens (including phenoxy) is 2. The second kappa shape index (κ2) is 20.9. The first-order chi connectivity index (χ1) is 11.3. The van der Waals surface area contributed by atoms with Crippen LogP contribution >= 0.6 is 45.2 Å². The standard InChI is InChI=1S/C17H33I2NO3/c18-10-8-6-4-2-1-3-5-7-9-17(21)23-16-13-20-12-15-22-14-11-19/h20H,1-16H2. The molecule has 6 heteroatoms. The van der Waals surface area contributed by atoms with E-state index in [1.807, 2.05) is 0 Å². The van der Waals surface area contributed by atoms with Crippen LogP contribution in [-0.4, -0.2) is 47.7 Å². The molecule has 0 aliphatic heterocycles. The molecule has 1 N–H and O–H groups in total. The fraction of sp³-hybridized carbons (Fsp3) is 0.941. The predicted molar refractivity (Wildman–Crippen MR) is 114 cm³/mol. The summed E-state index contributed by atoms with van der Waals surface area (Å²) in [4.78, 5) is 11.5. The number of halogens is 2. The number of hydrogen-bond acceptors (Lipinski definition) is 4. The molecule has 138 valence electrons. The molecule has 0 aromatic carbocycles. The van der Waals surface area contributed by atoms with Crippen LogP contribution in [0.15, 0.2) is 0 Å². The van der Waals surface area contributed by atoms with Crippen LogP contribution in [0.4, 0.5) is 0 Å². The minimum absolute atomic E-state index is 0.0602. The first kappa shape index (κ1) is 23.9. The minimum Gasteiger partial charge on any atom is -0.464 e. The van der Waals surface area contributed by atoms with Gasteiger partial charge < -0.3 is 14.8 Å². The summed E-state index contributed by atoms with van der Waals surface area (Å²) in [6.07, 6.45) is 10.7. The number of carbonyl (C=O) groups excluding carboxylic acids is 1. The Bertz CT molecular complexity index is 256. The second-order valence-electron chi connectivity index (χ2n) is 5.54. The molecule has 0 saturated carbocycles. The highest BCUT2D eigenvalue weighted by molar-refractivity contribution is 14.1. The van der Waals surface area contributed by atoms with Gasteiger partial charge in [-0.3, -0.25) is 4.79 Å². The number of carbonyl (C=O) groups is 1. The smallest absolute Gasteiger partial charge is 0.305 e. The molecule has 0 radical (unpaired) electrons. The Labute approximate surface area is 169 Å².